The average Bonchev–Trinajstić information content (AvgIpc) is 3.81. The van der Waals surface area contributed by atoms with Gasteiger partial charge in [0.1, 0.15) is 6.33 Å². The molecule has 1 N–H and O–H groups in total. The minimum Gasteiger partial charge on any atom is -0.480 e. The number of rotatable bonds is 10. The van der Waals surface area contributed by atoms with Gasteiger partial charge in [-0.25, -0.2) is 33.3 Å². The molecular weight excluding hydrogens is 532 g/mol. The van der Waals surface area contributed by atoms with E-state index in [0.717, 1.165) is 18.5 Å². The Morgan fingerprint density at radius 1 is 1.07 bits per heavy atom. The number of fused-ring (bicyclic) bond motifs is 1. The molecule has 0 aromatic carbocycles. The van der Waals surface area contributed by atoms with Crippen LogP contribution in [0.5, 0.6) is 5.88 Å². The molecule has 1 saturated carbocycles. The molecule has 210 valence electrons. The lowest BCUT2D eigenvalue weighted by molar-refractivity contribution is 0.341. The molecule has 1 aliphatic rings. The Kier molecular flexibility index (Phi) is 7.25. The molecule has 0 saturated heterocycles. The van der Waals surface area contributed by atoms with Crippen molar-refractivity contribution in [3.8, 4) is 17.1 Å². The molecule has 5 rings (SSSR count). The van der Waals surface area contributed by atoms with E-state index < -0.39 is 15.4 Å². The Morgan fingerprint density at radius 3 is 2.48 bits per heavy atom. The van der Waals surface area contributed by atoms with E-state index in [1.54, 1.807) is 30.9 Å². The first-order valence-electron chi connectivity index (χ1n) is 13.2. The first-order valence-corrected chi connectivity index (χ1v) is 14.9. The zero-order valence-corrected chi connectivity index (χ0v) is 24.0. The molecule has 0 amide bonds. The Bertz CT molecular complexity index is 1730. The summed E-state index contributed by atoms with van der Waals surface area (Å²) in [5.41, 5.74) is 2.30. The fourth-order valence-corrected chi connectivity index (χ4v) is 5.22. The number of anilines is 1. The summed E-state index contributed by atoms with van der Waals surface area (Å²) < 4.78 is 31.3. The third-order valence-electron chi connectivity index (χ3n) is 7.27. The molecule has 4 aromatic rings. The molecule has 0 bridgehead atoms. The van der Waals surface area contributed by atoms with Crippen molar-refractivity contribution in [1.29, 1.82) is 0 Å². The highest BCUT2D eigenvalue weighted by Crippen LogP contribution is 2.45. The van der Waals surface area contributed by atoms with E-state index in [1.807, 2.05) is 20.8 Å². The first-order chi connectivity index (χ1) is 19.1. The number of hydrogen-bond donors (Lipinski definition) is 1. The lowest BCUT2D eigenvalue weighted by atomic mass is 10.0. The highest BCUT2D eigenvalue weighted by atomic mass is 32.2. The summed E-state index contributed by atoms with van der Waals surface area (Å²) in [5.74, 6) is 0.815. The second-order valence-electron chi connectivity index (χ2n) is 10.3. The maximum absolute atomic E-state index is 13.8. The van der Waals surface area contributed by atoms with E-state index in [2.05, 4.69) is 30.2 Å². The fraction of sp³-hybridized carbons (Fsp3) is 0.444. The highest BCUT2D eigenvalue weighted by molar-refractivity contribution is 7.91. The molecule has 4 heterocycles. The smallest absolute Gasteiger partial charge is 0.295 e. The van der Waals surface area contributed by atoms with Gasteiger partial charge in [0.25, 0.3) is 5.56 Å². The summed E-state index contributed by atoms with van der Waals surface area (Å²) in [6.07, 6.45) is 7.14. The van der Waals surface area contributed by atoms with Crippen LogP contribution in [-0.4, -0.2) is 55.8 Å². The number of methoxy groups -OCH3 is 1. The van der Waals surface area contributed by atoms with Gasteiger partial charge < -0.3 is 10.1 Å². The fourth-order valence-electron chi connectivity index (χ4n) is 4.40. The Morgan fingerprint density at radius 2 is 1.85 bits per heavy atom. The summed E-state index contributed by atoms with van der Waals surface area (Å²) in [4.78, 5) is 41.0. The summed E-state index contributed by atoms with van der Waals surface area (Å²) in [5, 5.41) is 3.06. The maximum Gasteiger partial charge on any atom is 0.295 e. The monoisotopic (exact) mass is 564 g/mol. The number of sulfone groups is 1. The molecular formula is C27H32N8O4S. The average molecular weight is 565 g/mol. The van der Waals surface area contributed by atoms with Crippen LogP contribution >= 0.6 is 0 Å². The van der Waals surface area contributed by atoms with Crippen LogP contribution in [0.3, 0.4) is 0 Å². The largest absolute Gasteiger partial charge is 0.480 e. The topological polar surface area (TPSA) is 155 Å². The van der Waals surface area contributed by atoms with Gasteiger partial charge in [-0.3, -0.25) is 14.3 Å². The van der Waals surface area contributed by atoms with Gasteiger partial charge in [-0.15, -0.1) is 0 Å². The molecule has 4 aromatic heterocycles. The van der Waals surface area contributed by atoms with Crippen LogP contribution < -0.4 is 15.6 Å². The predicted molar refractivity (Wildman–Crippen MR) is 150 cm³/mol. The summed E-state index contributed by atoms with van der Waals surface area (Å²) >= 11 is 0. The van der Waals surface area contributed by atoms with Gasteiger partial charge in [-0.2, -0.15) is 0 Å². The van der Waals surface area contributed by atoms with E-state index in [-0.39, 0.29) is 28.6 Å². The van der Waals surface area contributed by atoms with Crippen LogP contribution in [-0.2, 0) is 21.9 Å². The molecule has 40 heavy (non-hydrogen) atoms. The van der Waals surface area contributed by atoms with Gasteiger partial charge in [0.2, 0.25) is 5.88 Å². The van der Waals surface area contributed by atoms with Crippen LogP contribution in [0.15, 0.2) is 40.5 Å². The van der Waals surface area contributed by atoms with E-state index in [9.17, 15) is 13.2 Å². The van der Waals surface area contributed by atoms with E-state index in [0.29, 0.717) is 46.5 Å². The van der Waals surface area contributed by atoms with Crippen molar-refractivity contribution in [2.45, 2.75) is 69.9 Å². The lowest BCUT2D eigenvalue weighted by Gasteiger charge is -2.27. The van der Waals surface area contributed by atoms with Crippen molar-refractivity contribution in [2.24, 2.45) is 0 Å². The summed E-state index contributed by atoms with van der Waals surface area (Å²) in [6.45, 7) is 7.67. The normalized spacial score (nSPS) is 13.9. The van der Waals surface area contributed by atoms with Gasteiger partial charge in [0.15, 0.2) is 26.9 Å². The molecule has 13 heteroatoms. The predicted octanol–water partition coefficient (Wildman–Crippen LogP) is 3.48. The van der Waals surface area contributed by atoms with Crippen LogP contribution in [0, 0.1) is 0 Å². The summed E-state index contributed by atoms with van der Waals surface area (Å²) in [7, 11) is -1.80. The number of nitrogens with zero attached hydrogens (tertiary/aromatic N) is 7. The van der Waals surface area contributed by atoms with Gasteiger partial charge >= 0.3 is 0 Å². The van der Waals surface area contributed by atoms with Crippen molar-refractivity contribution < 1.29 is 13.2 Å². The van der Waals surface area contributed by atoms with Gasteiger partial charge in [0.05, 0.1) is 53.1 Å². The van der Waals surface area contributed by atoms with Gasteiger partial charge in [-0.05, 0) is 45.2 Å². The van der Waals surface area contributed by atoms with Crippen molar-refractivity contribution in [2.75, 3.05) is 18.2 Å². The third-order valence-corrected chi connectivity index (χ3v) is 8.99. The number of nitrogens with one attached hydrogen (secondary N) is 1. The minimum atomic E-state index is -3.35. The van der Waals surface area contributed by atoms with Crippen LogP contribution in [0.4, 0.5) is 5.82 Å². The zero-order chi connectivity index (χ0) is 28.7. The van der Waals surface area contributed by atoms with Crippen molar-refractivity contribution in [1.82, 2.24) is 34.5 Å². The Labute approximate surface area is 232 Å². The zero-order valence-electron chi connectivity index (χ0n) is 23.2. The standard InChI is InChI=1S/C27H32N8O4S/c1-6-27(3,4)35-24-22(30-14-19(33-24)20-21(16-8-9-16)31-15-32-25(20)39-5)34-23(26(35)36)29-12-17-10-11-18(13-28-17)40(37,38)7-2/h10-11,13-16H,6-9,12H2,1-5H3,(H,29,30,34). The van der Waals surface area contributed by atoms with Crippen LogP contribution in [0.1, 0.15) is 64.3 Å². The number of hydrogen-bond acceptors (Lipinski definition) is 11. The molecule has 1 aliphatic carbocycles. The molecule has 0 radical (unpaired) electrons. The highest BCUT2D eigenvalue weighted by Gasteiger charge is 2.32. The van der Waals surface area contributed by atoms with Gasteiger partial charge in [-0.1, -0.05) is 13.8 Å². The number of pyridine rings is 1. The second-order valence-corrected chi connectivity index (χ2v) is 12.6. The van der Waals surface area contributed by atoms with E-state index in [4.69, 9.17) is 9.72 Å². The van der Waals surface area contributed by atoms with E-state index >= 15 is 0 Å². The second kappa shape index (κ2) is 10.5. The van der Waals surface area contributed by atoms with Crippen LogP contribution in [0.2, 0.25) is 0 Å². The third kappa shape index (κ3) is 5.12. The lowest BCUT2D eigenvalue weighted by Crippen LogP contribution is -2.38. The quantitative estimate of drug-likeness (QED) is 0.301. The first kappa shape index (κ1) is 27.6. The van der Waals surface area contributed by atoms with Crippen LogP contribution in [0.25, 0.3) is 22.6 Å². The van der Waals surface area contributed by atoms with Crippen molar-refractivity contribution >= 4 is 26.9 Å². The Hall–Kier alpha value is -4.00. The number of ether oxygens (including phenoxy) is 1. The molecule has 1 fully saturated rings. The molecule has 0 atom stereocenters. The number of aromatic nitrogens is 7. The molecule has 12 nitrogen and oxygen atoms in total. The maximum atomic E-state index is 13.8. The molecule has 0 unspecified atom stereocenters. The Balaban J connectivity index is 1.57. The molecule has 0 aliphatic heterocycles. The molecule has 0 spiro atoms. The SMILES string of the molecule is CCC(C)(C)n1c(=O)c(NCc2ccc(S(=O)(=O)CC)cn2)nc2ncc(-c3c(OC)ncnc3C3CC3)nc21. The van der Waals surface area contributed by atoms with Crippen molar-refractivity contribution in [3.63, 3.8) is 0 Å². The van der Waals surface area contributed by atoms with Gasteiger partial charge in [0, 0.05) is 17.7 Å². The van der Waals surface area contributed by atoms with E-state index in [1.165, 1.54) is 18.6 Å². The summed E-state index contributed by atoms with van der Waals surface area (Å²) in [6, 6.07) is 3.13. The van der Waals surface area contributed by atoms with Crippen molar-refractivity contribution in [3.05, 3.63) is 52.6 Å². The minimum absolute atomic E-state index is 0.00519.